The zero-order valence-electron chi connectivity index (χ0n) is 21.9. The molecule has 9 nitrogen and oxygen atoms in total. The molecule has 40 heavy (non-hydrogen) atoms. The number of hydrogen-bond donors (Lipinski definition) is 1. The first-order valence-corrected chi connectivity index (χ1v) is 13.1. The molecule has 212 valence electrons. The Morgan fingerprint density at radius 2 is 1.98 bits per heavy atom. The molecule has 4 aromatic rings. The monoisotopic (exact) mass is 589 g/mol. The van der Waals surface area contributed by atoms with E-state index >= 15 is 0 Å². The number of fused-ring (bicyclic) bond motifs is 1. The second-order valence-corrected chi connectivity index (χ2v) is 9.96. The zero-order chi connectivity index (χ0) is 27.4. The van der Waals surface area contributed by atoms with E-state index in [-0.39, 0.29) is 30.5 Å². The van der Waals surface area contributed by atoms with Gasteiger partial charge in [0.15, 0.2) is 5.65 Å². The number of ether oxygens (including phenoxy) is 2. The van der Waals surface area contributed by atoms with Crippen molar-refractivity contribution in [1.82, 2.24) is 24.4 Å². The largest absolute Gasteiger partial charge is 0.478 e. The van der Waals surface area contributed by atoms with Crippen LogP contribution in [0.1, 0.15) is 46.2 Å². The Bertz CT molecular complexity index is 1480. The second kappa shape index (κ2) is 13.4. The molecule has 3 aromatic heterocycles. The fraction of sp³-hybridized carbons (Fsp3) is 0.357. The van der Waals surface area contributed by atoms with Crippen molar-refractivity contribution in [2.24, 2.45) is 0 Å². The van der Waals surface area contributed by atoms with E-state index < -0.39 is 11.8 Å². The first-order chi connectivity index (χ1) is 18.9. The molecule has 1 aromatic carbocycles. The summed E-state index contributed by atoms with van der Waals surface area (Å²) in [5.74, 6) is 0.152. The average Bonchev–Trinajstić information content (AvgIpc) is 3.27. The predicted molar refractivity (Wildman–Crippen MR) is 151 cm³/mol. The lowest BCUT2D eigenvalue weighted by Crippen LogP contribution is -2.33. The molecule has 1 fully saturated rings. The highest BCUT2D eigenvalue weighted by molar-refractivity contribution is 6.30. The van der Waals surface area contributed by atoms with Crippen LogP contribution in [-0.4, -0.2) is 62.3 Å². The molecule has 1 N–H and O–H groups in total. The number of nitrogens with zero attached hydrogens (tertiary/aromatic N) is 5. The number of carbonyl (C=O) groups is 1. The average molecular weight is 590 g/mol. The van der Waals surface area contributed by atoms with Crippen LogP contribution in [0, 0.1) is 5.82 Å². The maximum atomic E-state index is 14.1. The number of aromatic carboxylic acids is 1. The van der Waals surface area contributed by atoms with Crippen LogP contribution in [0.5, 0.6) is 5.88 Å². The molecule has 0 aliphatic carbocycles. The summed E-state index contributed by atoms with van der Waals surface area (Å²) in [6.07, 6.45) is 3.17. The number of halogens is 3. The lowest BCUT2D eigenvalue weighted by atomic mass is 9.93. The highest BCUT2D eigenvalue weighted by Crippen LogP contribution is 2.29. The molecular formula is C28H30Cl2FN5O4. The van der Waals surface area contributed by atoms with Gasteiger partial charge < -0.3 is 19.1 Å². The van der Waals surface area contributed by atoms with E-state index in [1.807, 2.05) is 16.7 Å². The Labute approximate surface area is 242 Å². The summed E-state index contributed by atoms with van der Waals surface area (Å²) in [6.45, 7) is 3.44. The Hall–Kier alpha value is -3.31. The van der Waals surface area contributed by atoms with E-state index in [0.29, 0.717) is 47.3 Å². The summed E-state index contributed by atoms with van der Waals surface area (Å²) in [7, 11) is 1.63. The maximum Gasteiger partial charge on any atom is 0.337 e. The minimum absolute atomic E-state index is 0. The van der Waals surface area contributed by atoms with Gasteiger partial charge >= 0.3 is 5.97 Å². The van der Waals surface area contributed by atoms with Gasteiger partial charge in [-0.3, -0.25) is 4.90 Å². The number of carboxylic acids is 1. The predicted octanol–water partition coefficient (Wildman–Crippen LogP) is 5.34. The summed E-state index contributed by atoms with van der Waals surface area (Å²) >= 11 is 5.83. The van der Waals surface area contributed by atoms with Crippen LogP contribution in [0.3, 0.4) is 0 Å². The number of rotatable bonds is 10. The number of pyridine rings is 2. The fourth-order valence-electron chi connectivity index (χ4n) is 4.84. The van der Waals surface area contributed by atoms with Crippen LogP contribution in [-0.2, 0) is 24.4 Å². The number of piperidine rings is 1. The molecule has 0 atom stereocenters. The third kappa shape index (κ3) is 6.87. The van der Waals surface area contributed by atoms with Crippen molar-refractivity contribution in [3.05, 3.63) is 82.1 Å². The van der Waals surface area contributed by atoms with Crippen LogP contribution in [0.15, 0.2) is 48.7 Å². The molecule has 1 aliphatic rings. The van der Waals surface area contributed by atoms with Gasteiger partial charge in [0.1, 0.15) is 18.2 Å². The van der Waals surface area contributed by atoms with Gasteiger partial charge in [-0.25, -0.2) is 24.1 Å². The Balaban J connectivity index is 0.00000370. The van der Waals surface area contributed by atoms with Gasteiger partial charge in [0, 0.05) is 48.1 Å². The van der Waals surface area contributed by atoms with Crippen molar-refractivity contribution in [2.75, 3.05) is 26.8 Å². The summed E-state index contributed by atoms with van der Waals surface area (Å²) in [5, 5.41) is 9.73. The van der Waals surface area contributed by atoms with Crippen LogP contribution in [0.25, 0.3) is 11.2 Å². The molecule has 0 unspecified atom stereocenters. The lowest BCUT2D eigenvalue weighted by Gasteiger charge is -2.31. The number of likely N-dealkylation sites (tertiary alicyclic amines) is 1. The number of hydrogen-bond acceptors (Lipinski definition) is 7. The van der Waals surface area contributed by atoms with E-state index in [4.69, 9.17) is 31.0 Å². The van der Waals surface area contributed by atoms with Gasteiger partial charge in [-0.15, -0.1) is 12.4 Å². The normalized spacial score (nSPS) is 14.3. The van der Waals surface area contributed by atoms with Crippen LogP contribution in [0.4, 0.5) is 4.39 Å². The highest BCUT2D eigenvalue weighted by atomic mass is 35.5. The topological polar surface area (TPSA) is 103 Å². The van der Waals surface area contributed by atoms with Crippen molar-refractivity contribution in [3.63, 3.8) is 0 Å². The quantitative estimate of drug-likeness (QED) is 0.264. The zero-order valence-corrected chi connectivity index (χ0v) is 23.5. The summed E-state index contributed by atoms with van der Waals surface area (Å²) < 4.78 is 27.1. The number of imidazole rings is 1. The molecular weight excluding hydrogens is 560 g/mol. The van der Waals surface area contributed by atoms with Gasteiger partial charge in [0.2, 0.25) is 5.88 Å². The second-order valence-electron chi connectivity index (χ2n) is 9.52. The van der Waals surface area contributed by atoms with Crippen molar-refractivity contribution in [3.8, 4) is 5.88 Å². The highest BCUT2D eigenvalue weighted by Gasteiger charge is 2.24. The van der Waals surface area contributed by atoms with Crippen LogP contribution >= 0.6 is 24.0 Å². The SMILES string of the molecule is COCCn1c(CN2CCC(c3cccc(OCc4ccc(Cl)cc4F)n3)CC2)nc2ncc(C(=O)O)cc21.Cl. The van der Waals surface area contributed by atoms with Crippen LogP contribution < -0.4 is 4.74 Å². The van der Waals surface area contributed by atoms with Crippen LogP contribution in [0.2, 0.25) is 5.02 Å². The van der Waals surface area contributed by atoms with Gasteiger partial charge in [0.25, 0.3) is 0 Å². The molecule has 12 heteroatoms. The Morgan fingerprint density at radius 3 is 2.70 bits per heavy atom. The number of methoxy groups -OCH3 is 1. The summed E-state index contributed by atoms with van der Waals surface area (Å²) in [6, 6.07) is 11.8. The fourth-order valence-corrected chi connectivity index (χ4v) is 5.00. The van der Waals surface area contributed by atoms with E-state index in [2.05, 4.69) is 9.88 Å². The minimum atomic E-state index is -1.02. The van der Waals surface area contributed by atoms with Gasteiger partial charge in [-0.2, -0.15) is 0 Å². The van der Waals surface area contributed by atoms with E-state index in [1.54, 1.807) is 31.4 Å². The van der Waals surface area contributed by atoms with E-state index in [0.717, 1.165) is 37.4 Å². The maximum absolute atomic E-state index is 14.1. The first-order valence-electron chi connectivity index (χ1n) is 12.7. The van der Waals surface area contributed by atoms with Crippen molar-refractivity contribution < 1.29 is 23.8 Å². The van der Waals surface area contributed by atoms with Gasteiger partial charge in [-0.1, -0.05) is 23.7 Å². The molecule has 5 rings (SSSR count). The molecule has 0 radical (unpaired) electrons. The molecule has 4 heterocycles. The molecule has 0 bridgehead atoms. The van der Waals surface area contributed by atoms with Crippen molar-refractivity contribution in [2.45, 2.75) is 38.5 Å². The van der Waals surface area contributed by atoms with Gasteiger partial charge in [0.05, 0.1) is 24.2 Å². The lowest BCUT2D eigenvalue weighted by molar-refractivity contribution is 0.0696. The summed E-state index contributed by atoms with van der Waals surface area (Å²) in [4.78, 5) is 27.5. The minimum Gasteiger partial charge on any atom is -0.478 e. The van der Waals surface area contributed by atoms with Gasteiger partial charge in [-0.05, 0) is 50.2 Å². The molecule has 0 saturated carbocycles. The van der Waals surface area contributed by atoms with E-state index in [9.17, 15) is 14.3 Å². The van der Waals surface area contributed by atoms with Crippen molar-refractivity contribution in [1.29, 1.82) is 0 Å². The molecule has 0 amide bonds. The molecule has 1 aliphatic heterocycles. The number of carboxylic acid groups (broad SMARTS) is 1. The molecule has 0 spiro atoms. The van der Waals surface area contributed by atoms with E-state index in [1.165, 1.54) is 12.3 Å². The smallest absolute Gasteiger partial charge is 0.337 e. The third-order valence-electron chi connectivity index (χ3n) is 6.96. The number of benzene rings is 1. The number of aromatic nitrogens is 4. The Morgan fingerprint density at radius 1 is 1.18 bits per heavy atom. The Kier molecular flexibility index (Phi) is 9.91. The third-order valence-corrected chi connectivity index (χ3v) is 7.19. The first kappa shape index (κ1) is 29.7. The standard InChI is InChI=1S/C28H29ClFN5O4.ClH/c1-38-12-11-35-24-13-20(28(36)37)15-31-27(24)33-25(35)16-34-9-7-18(8-10-34)23-3-2-4-26(32-23)39-17-19-5-6-21(29)14-22(19)30;/h2-6,13-15,18H,7-12,16-17H2,1H3,(H,36,37);1H. The summed E-state index contributed by atoms with van der Waals surface area (Å²) in [5.41, 5.74) is 2.73. The van der Waals surface area contributed by atoms with Crippen molar-refractivity contribution >= 4 is 41.1 Å². The molecule has 1 saturated heterocycles.